The normalized spacial score (nSPS) is 13.9. The van der Waals surface area contributed by atoms with Crippen molar-refractivity contribution in [2.24, 2.45) is 0 Å². The molecule has 0 bridgehead atoms. The number of aromatic nitrogens is 1. The van der Waals surface area contributed by atoms with Crippen LogP contribution in [0.1, 0.15) is 22.5 Å². The van der Waals surface area contributed by atoms with Crippen molar-refractivity contribution in [2.45, 2.75) is 12.8 Å². The van der Waals surface area contributed by atoms with Crippen LogP contribution in [0.2, 0.25) is 0 Å². The number of carbonyl (C=O) groups excluding carboxylic acids is 1. The number of fused-ring (bicyclic) bond motifs is 1. The van der Waals surface area contributed by atoms with Gasteiger partial charge in [0.05, 0.1) is 5.69 Å². The number of aromatic hydroxyl groups is 1. The minimum atomic E-state index is -0.195. The van der Waals surface area contributed by atoms with Crippen LogP contribution < -0.4 is 4.90 Å². The fraction of sp³-hybridized carbons (Fsp3) is 0.200. The first-order chi connectivity index (χ1) is 9.68. The van der Waals surface area contributed by atoms with Gasteiger partial charge in [0.2, 0.25) is 0 Å². The van der Waals surface area contributed by atoms with E-state index < -0.39 is 0 Å². The molecule has 102 valence electrons. The van der Waals surface area contributed by atoms with E-state index in [9.17, 15) is 9.90 Å². The van der Waals surface area contributed by atoms with Gasteiger partial charge in [-0.25, -0.2) is 4.98 Å². The molecule has 0 aliphatic carbocycles. The van der Waals surface area contributed by atoms with E-state index in [0.717, 1.165) is 18.4 Å². The highest BCUT2D eigenvalue weighted by molar-refractivity contribution is 9.10. The Kier molecular flexibility index (Phi) is 3.44. The van der Waals surface area contributed by atoms with Crippen molar-refractivity contribution in [1.29, 1.82) is 0 Å². The van der Waals surface area contributed by atoms with Gasteiger partial charge in [-0.05, 0) is 52.5 Å². The van der Waals surface area contributed by atoms with Gasteiger partial charge < -0.3 is 10.0 Å². The number of anilines is 1. The standard InChI is InChI=1S/C15H13BrN2O2/c16-11-6-2-8-17-13(11)15(20)18-9-3-5-10-4-1-7-12(19)14(10)18/h1-2,4,6-8,19H,3,5,9H2. The molecular weight excluding hydrogens is 320 g/mol. The van der Waals surface area contributed by atoms with Crippen molar-refractivity contribution >= 4 is 27.5 Å². The summed E-state index contributed by atoms with van der Waals surface area (Å²) in [6.45, 7) is 0.590. The van der Waals surface area contributed by atoms with E-state index >= 15 is 0 Å². The van der Waals surface area contributed by atoms with E-state index in [0.29, 0.717) is 22.4 Å². The molecule has 3 rings (SSSR count). The Morgan fingerprint density at radius 1 is 1.30 bits per heavy atom. The molecule has 0 radical (unpaired) electrons. The van der Waals surface area contributed by atoms with E-state index in [2.05, 4.69) is 20.9 Å². The monoisotopic (exact) mass is 332 g/mol. The predicted octanol–water partition coefficient (Wildman–Crippen LogP) is 3.14. The molecule has 0 spiro atoms. The lowest BCUT2D eigenvalue weighted by molar-refractivity contribution is 0.0978. The van der Waals surface area contributed by atoms with Gasteiger partial charge in [0.15, 0.2) is 0 Å². The second-order valence-corrected chi connectivity index (χ2v) is 5.53. The number of pyridine rings is 1. The zero-order valence-corrected chi connectivity index (χ0v) is 12.3. The predicted molar refractivity (Wildman–Crippen MR) is 80.0 cm³/mol. The summed E-state index contributed by atoms with van der Waals surface area (Å²) < 4.78 is 0.660. The van der Waals surface area contributed by atoms with Gasteiger partial charge in [-0.2, -0.15) is 0 Å². The van der Waals surface area contributed by atoms with Crippen LogP contribution in [-0.4, -0.2) is 22.5 Å². The van der Waals surface area contributed by atoms with Crippen LogP contribution in [0.4, 0.5) is 5.69 Å². The minimum absolute atomic E-state index is 0.141. The summed E-state index contributed by atoms with van der Waals surface area (Å²) in [6.07, 6.45) is 3.34. The second kappa shape index (κ2) is 5.25. The molecule has 5 heteroatoms. The van der Waals surface area contributed by atoms with Crippen molar-refractivity contribution in [1.82, 2.24) is 4.98 Å². The molecule has 1 aliphatic rings. The fourth-order valence-corrected chi connectivity index (χ4v) is 2.93. The molecule has 2 aromatic rings. The van der Waals surface area contributed by atoms with Crippen LogP contribution in [0.5, 0.6) is 5.75 Å². The molecule has 1 aliphatic heterocycles. The van der Waals surface area contributed by atoms with Gasteiger partial charge in [0.1, 0.15) is 11.4 Å². The number of halogens is 1. The van der Waals surface area contributed by atoms with Crippen LogP contribution in [0.15, 0.2) is 41.0 Å². The van der Waals surface area contributed by atoms with E-state index in [4.69, 9.17) is 0 Å². The summed E-state index contributed by atoms with van der Waals surface area (Å²) in [4.78, 5) is 18.4. The Morgan fingerprint density at radius 3 is 2.95 bits per heavy atom. The number of hydrogen-bond donors (Lipinski definition) is 1. The van der Waals surface area contributed by atoms with E-state index in [1.54, 1.807) is 35.4 Å². The minimum Gasteiger partial charge on any atom is -0.506 e. The number of rotatable bonds is 1. The average Bonchev–Trinajstić information content (AvgIpc) is 2.47. The molecule has 1 N–H and O–H groups in total. The SMILES string of the molecule is O=C(c1ncccc1Br)N1CCCc2cccc(O)c21. The van der Waals surface area contributed by atoms with Gasteiger partial charge in [0.25, 0.3) is 5.91 Å². The highest BCUT2D eigenvalue weighted by Crippen LogP contribution is 2.36. The first-order valence-corrected chi connectivity index (χ1v) is 7.21. The number of aryl methyl sites for hydroxylation is 1. The summed E-state index contributed by atoms with van der Waals surface area (Å²) in [7, 11) is 0. The smallest absolute Gasteiger partial charge is 0.278 e. The van der Waals surface area contributed by atoms with Gasteiger partial charge in [0, 0.05) is 17.2 Å². The molecule has 20 heavy (non-hydrogen) atoms. The third-order valence-electron chi connectivity index (χ3n) is 3.40. The Balaban J connectivity index is 2.05. The average molecular weight is 333 g/mol. The van der Waals surface area contributed by atoms with Crippen molar-refractivity contribution in [3.8, 4) is 5.75 Å². The molecule has 2 heterocycles. The van der Waals surface area contributed by atoms with Crippen LogP contribution in [0, 0.1) is 0 Å². The summed E-state index contributed by atoms with van der Waals surface area (Å²) in [6, 6.07) is 8.91. The zero-order chi connectivity index (χ0) is 14.1. The Hall–Kier alpha value is -1.88. The molecule has 1 amide bonds. The van der Waals surface area contributed by atoms with Crippen molar-refractivity contribution in [3.63, 3.8) is 0 Å². The van der Waals surface area contributed by atoms with Crippen LogP contribution in [-0.2, 0) is 6.42 Å². The van der Waals surface area contributed by atoms with Crippen LogP contribution in [0.25, 0.3) is 0 Å². The molecule has 0 unspecified atom stereocenters. The van der Waals surface area contributed by atoms with Gasteiger partial charge in [-0.1, -0.05) is 12.1 Å². The summed E-state index contributed by atoms with van der Waals surface area (Å²) in [5.74, 6) is -0.0532. The van der Waals surface area contributed by atoms with Crippen molar-refractivity contribution in [3.05, 3.63) is 52.3 Å². The number of carbonyl (C=O) groups is 1. The molecule has 4 nitrogen and oxygen atoms in total. The number of hydrogen-bond acceptors (Lipinski definition) is 3. The lowest BCUT2D eigenvalue weighted by atomic mass is 10.0. The number of phenolic OH excluding ortho intramolecular Hbond substituents is 1. The fourth-order valence-electron chi connectivity index (χ4n) is 2.50. The maximum absolute atomic E-state index is 12.7. The topological polar surface area (TPSA) is 53.4 Å². The Labute approximate surface area is 125 Å². The van der Waals surface area contributed by atoms with Crippen molar-refractivity contribution < 1.29 is 9.90 Å². The highest BCUT2D eigenvalue weighted by Gasteiger charge is 2.27. The number of nitrogens with zero attached hydrogens (tertiary/aromatic N) is 2. The summed E-state index contributed by atoms with van der Waals surface area (Å²) in [5, 5.41) is 10.1. The third-order valence-corrected chi connectivity index (χ3v) is 4.04. The van der Waals surface area contributed by atoms with E-state index in [1.807, 2.05) is 6.07 Å². The number of benzene rings is 1. The molecule has 0 atom stereocenters. The lowest BCUT2D eigenvalue weighted by Gasteiger charge is -2.30. The van der Waals surface area contributed by atoms with Crippen LogP contribution in [0.3, 0.4) is 0 Å². The Bertz CT molecular complexity index is 673. The molecule has 1 aromatic carbocycles. The zero-order valence-electron chi connectivity index (χ0n) is 10.7. The van der Waals surface area contributed by atoms with Crippen molar-refractivity contribution in [2.75, 3.05) is 11.4 Å². The summed E-state index contributed by atoms with van der Waals surface area (Å²) in [5.41, 5.74) is 1.97. The molecule has 0 saturated carbocycles. The first kappa shape index (κ1) is 13.1. The lowest BCUT2D eigenvalue weighted by Crippen LogP contribution is -2.36. The number of para-hydroxylation sites is 1. The molecule has 0 fully saturated rings. The quantitative estimate of drug-likeness (QED) is 0.872. The largest absolute Gasteiger partial charge is 0.506 e. The maximum atomic E-state index is 12.7. The van der Waals surface area contributed by atoms with E-state index in [-0.39, 0.29) is 11.7 Å². The second-order valence-electron chi connectivity index (χ2n) is 4.68. The number of phenols is 1. The van der Waals surface area contributed by atoms with Crippen LogP contribution >= 0.6 is 15.9 Å². The van der Waals surface area contributed by atoms with Gasteiger partial charge in [-0.3, -0.25) is 4.79 Å². The summed E-state index contributed by atoms with van der Waals surface area (Å²) >= 11 is 3.35. The maximum Gasteiger partial charge on any atom is 0.278 e. The highest BCUT2D eigenvalue weighted by atomic mass is 79.9. The third kappa shape index (κ3) is 2.18. The first-order valence-electron chi connectivity index (χ1n) is 6.41. The molecule has 1 aromatic heterocycles. The molecule has 0 saturated heterocycles. The van der Waals surface area contributed by atoms with Gasteiger partial charge in [-0.15, -0.1) is 0 Å². The van der Waals surface area contributed by atoms with E-state index in [1.165, 1.54) is 0 Å². The van der Waals surface area contributed by atoms with Gasteiger partial charge >= 0.3 is 0 Å². The Morgan fingerprint density at radius 2 is 2.15 bits per heavy atom. The molecular formula is C15H13BrN2O2. The number of amides is 1.